The second-order valence-electron chi connectivity index (χ2n) is 9.11. The minimum atomic E-state index is -0.932. The largest absolute Gasteiger partial charge is 0.465 e. The van der Waals surface area contributed by atoms with Crippen LogP contribution in [0.15, 0.2) is 18.7 Å². The van der Waals surface area contributed by atoms with Gasteiger partial charge in [0.05, 0.1) is 11.7 Å². The van der Waals surface area contributed by atoms with Gasteiger partial charge < -0.3 is 20.7 Å². The molecule has 4 rings (SSSR count). The maximum atomic E-state index is 11.2. The molecule has 1 saturated carbocycles. The van der Waals surface area contributed by atoms with Crippen LogP contribution in [0.5, 0.6) is 0 Å². The molecule has 0 bridgehead atoms. The molecule has 3 aromatic rings. The van der Waals surface area contributed by atoms with Crippen molar-refractivity contribution in [2.24, 2.45) is 11.3 Å². The number of nitrogens with one attached hydrogen (secondary N) is 3. The average molecular weight is 399 g/mol. The topological polar surface area (TPSA) is 120 Å². The molecule has 9 nitrogen and oxygen atoms in total. The predicted octanol–water partition coefficient (Wildman–Crippen LogP) is 2.94. The van der Waals surface area contributed by atoms with Crippen LogP contribution < -0.4 is 10.6 Å². The highest BCUT2D eigenvalue weighted by atomic mass is 16.4. The number of H-pyrrole nitrogens is 1. The van der Waals surface area contributed by atoms with Gasteiger partial charge in [0, 0.05) is 30.4 Å². The Kier molecular flexibility index (Phi) is 5.16. The van der Waals surface area contributed by atoms with Crippen molar-refractivity contribution in [3.8, 4) is 0 Å². The van der Waals surface area contributed by atoms with E-state index in [1.165, 1.54) is 0 Å². The molecule has 0 spiro atoms. The second kappa shape index (κ2) is 7.62. The van der Waals surface area contributed by atoms with E-state index in [9.17, 15) is 9.90 Å². The number of carbonyl (C=O) groups is 1. The number of fused-ring (bicyclic) bond motifs is 3. The fraction of sp³-hybridized carbons (Fsp3) is 0.600. The summed E-state index contributed by atoms with van der Waals surface area (Å²) in [5, 5.41) is 23.7. The van der Waals surface area contributed by atoms with Crippen LogP contribution in [0.3, 0.4) is 0 Å². The van der Waals surface area contributed by atoms with Crippen molar-refractivity contribution in [1.29, 1.82) is 0 Å². The molecular formula is C20H29N7O2. The van der Waals surface area contributed by atoms with Gasteiger partial charge in [0.25, 0.3) is 0 Å². The van der Waals surface area contributed by atoms with Gasteiger partial charge in [0.2, 0.25) is 0 Å². The van der Waals surface area contributed by atoms with Crippen LogP contribution in [-0.4, -0.2) is 47.8 Å². The van der Waals surface area contributed by atoms with Gasteiger partial charge in [0.1, 0.15) is 6.33 Å². The number of hydrogen-bond acceptors (Lipinski definition) is 5. The molecular weight excluding hydrogens is 370 g/mol. The predicted molar refractivity (Wildman–Crippen MR) is 110 cm³/mol. The molecule has 1 aliphatic carbocycles. The average Bonchev–Trinajstić information content (AvgIpc) is 3.30. The Labute approximate surface area is 169 Å². The highest BCUT2D eigenvalue weighted by molar-refractivity contribution is 5.78. The van der Waals surface area contributed by atoms with Crippen molar-refractivity contribution >= 4 is 22.9 Å². The molecule has 1 fully saturated rings. The lowest BCUT2D eigenvalue weighted by molar-refractivity contribution is 0.129. The summed E-state index contributed by atoms with van der Waals surface area (Å²) in [7, 11) is 0. The lowest BCUT2D eigenvalue weighted by Crippen LogP contribution is -2.50. The molecule has 1 unspecified atom stereocenters. The van der Waals surface area contributed by atoms with Crippen molar-refractivity contribution in [3.63, 3.8) is 0 Å². The van der Waals surface area contributed by atoms with Crippen molar-refractivity contribution in [3.05, 3.63) is 24.3 Å². The van der Waals surface area contributed by atoms with Crippen LogP contribution in [0, 0.1) is 11.3 Å². The quantitative estimate of drug-likeness (QED) is 0.524. The fourth-order valence-electron chi connectivity index (χ4n) is 4.66. The molecule has 1 aliphatic rings. The van der Waals surface area contributed by atoms with Crippen LogP contribution in [0.2, 0.25) is 0 Å². The first-order valence-electron chi connectivity index (χ1n) is 10.2. The lowest BCUT2D eigenvalue weighted by atomic mass is 9.72. The van der Waals surface area contributed by atoms with Gasteiger partial charge in [-0.25, -0.2) is 9.78 Å². The fourth-order valence-corrected chi connectivity index (χ4v) is 4.66. The van der Waals surface area contributed by atoms with Gasteiger partial charge in [0.15, 0.2) is 11.3 Å². The van der Waals surface area contributed by atoms with Crippen LogP contribution >= 0.6 is 0 Å². The standard InChI is InChI=1S/C20H29N7O2/c1-20(2,3)17(25-19(28)29)12-4-6-14(7-5-12)21-8-13-9-22-18-16(13)27-11-24-26-15(27)10-23-18/h9-12,14,17,21-22,25H,4-8H2,1-3H3,(H,28,29)/t12-,14-,17?. The Morgan fingerprint density at radius 1 is 1.34 bits per heavy atom. The van der Waals surface area contributed by atoms with Gasteiger partial charge in [-0.05, 0) is 37.0 Å². The summed E-state index contributed by atoms with van der Waals surface area (Å²) in [6, 6.07) is 0.400. The molecule has 0 radical (unpaired) electrons. The Morgan fingerprint density at radius 2 is 2.10 bits per heavy atom. The van der Waals surface area contributed by atoms with Crippen molar-refractivity contribution < 1.29 is 9.90 Å². The smallest absolute Gasteiger partial charge is 0.404 e. The third kappa shape index (κ3) is 4.05. The molecule has 9 heteroatoms. The Balaban J connectivity index is 1.39. The van der Waals surface area contributed by atoms with E-state index in [1.54, 1.807) is 12.5 Å². The summed E-state index contributed by atoms with van der Waals surface area (Å²) >= 11 is 0. The lowest BCUT2D eigenvalue weighted by Gasteiger charge is -2.40. The zero-order valence-electron chi connectivity index (χ0n) is 17.1. The first-order valence-corrected chi connectivity index (χ1v) is 10.2. The van der Waals surface area contributed by atoms with Gasteiger partial charge in [-0.2, -0.15) is 0 Å². The van der Waals surface area contributed by atoms with Gasteiger partial charge in [-0.3, -0.25) is 4.40 Å². The van der Waals surface area contributed by atoms with E-state index in [2.05, 4.69) is 51.6 Å². The number of rotatable bonds is 5. The van der Waals surface area contributed by atoms with Crippen LogP contribution in [0.1, 0.15) is 52.0 Å². The summed E-state index contributed by atoms with van der Waals surface area (Å²) < 4.78 is 1.96. The normalized spacial score (nSPS) is 21.5. The zero-order valence-corrected chi connectivity index (χ0v) is 17.1. The number of carboxylic acid groups (broad SMARTS) is 1. The highest BCUT2D eigenvalue weighted by Crippen LogP contribution is 2.35. The minimum Gasteiger partial charge on any atom is -0.465 e. The molecule has 3 heterocycles. The third-order valence-electron chi connectivity index (χ3n) is 6.07. The number of amides is 1. The maximum Gasteiger partial charge on any atom is 0.404 e. The third-order valence-corrected chi connectivity index (χ3v) is 6.07. The van der Waals surface area contributed by atoms with Crippen LogP contribution in [0.25, 0.3) is 16.8 Å². The van der Waals surface area contributed by atoms with Gasteiger partial charge in [-0.1, -0.05) is 20.8 Å². The monoisotopic (exact) mass is 399 g/mol. The molecule has 3 aromatic heterocycles. The first-order chi connectivity index (χ1) is 13.8. The summed E-state index contributed by atoms with van der Waals surface area (Å²) in [6.45, 7) is 7.06. The molecule has 1 amide bonds. The van der Waals surface area contributed by atoms with E-state index in [1.807, 2.05) is 10.6 Å². The Morgan fingerprint density at radius 3 is 2.79 bits per heavy atom. The first kappa shape index (κ1) is 19.6. The molecule has 0 aromatic carbocycles. The highest BCUT2D eigenvalue weighted by Gasteiger charge is 2.35. The summed E-state index contributed by atoms with van der Waals surface area (Å²) in [6.07, 6.45) is 8.60. The molecule has 0 aliphatic heterocycles. The Hall–Kier alpha value is -2.68. The summed E-state index contributed by atoms with van der Waals surface area (Å²) in [5.41, 5.74) is 3.61. The second-order valence-corrected chi connectivity index (χ2v) is 9.11. The molecule has 156 valence electrons. The van der Waals surface area contributed by atoms with E-state index >= 15 is 0 Å². The van der Waals surface area contributed by atoms with E-state index in [0.717, 1.165) is 54.6 Å². The molecule has 1 atom stereocenters. The van der Waals surface area contributed by atoms with E-state index < -0.39 is 6.09 Å². The van der Waals surface area contributed by atoms with E-state index in [0.29, 0.717) is 12.0 Å². The van der Waals surface area contributed by atoms with Gasteiger partial charge in [-0.15, -0.1) is 10.2 Å². The van der Waals surface area contributed by atoms with E-state index in [4.69, 9.17) is 0 Å². The molecule has 0 saturated heterocycles. The molecule has 29 heavy (non-hydrogen) atoms. The number of hydrogen-bond donors (Lipinski definition) is 4. The van der Waals surface area contributed by atoms with Crippen LogP contribution in [0.4, 0.5) is 4.79 Å². The Bertz CT molecular complexity index is 995. The number of aromatic amines is 1. The number of aromatic nitrogens is 5. The summed E-state index contributed by atoms with van der Waals surface area (Å²) in [4.78, 5) is 18.9. The number of nitrogens with zero attached hydrogens (tertiary/aromatic N) is 4. The maximum absolute atomic E-state index is 11.2. The van der Waals surface area contributed by atoms with Gasteiger partial charge >= 0.3 is 6.09 Å². The van der Waals surface area contributed by atoms with Crippen molar-refractivity contribution in [2.45, 2.75) is 65.1 Å². The van der Waals surface area contributed by atoms with Crippen molar-refractivity contribution in [1.82, 2.24) is 35.2 Å². The zero-order chi connectivity index (χ0) is 20.6. The van der Waals surface area contributed by atoms with Crippen molar-refractivity contribution in [2.75, 3.05) is 0 Å². The summed E-state index contributed by atoms with van der Waals surface area (Å²) in [5.74, 6) is 0.373. The minimum absolute atomic E-state index is 0.0253. The SMILES string of the molecule is CC(C)(C)C(NC(=O)O)[C@H]1CC[C@H](NCc2c[nH]c3ncc4nncn4c23)CC1. The van der Waals surface area contributed by atoms with E-state index in [-0.39, 0.29) is 11.5 Å². The molecule has 4 N–H and O–H groups in total. The van der Waals surface area contributed by atoms with Crippen LogP contribution in [-0.2, 0) is 6.54 Å².